The van der Waals surface area contributed by atoms with E-state index in [9.17, 15) is 9.59 Å². The van der Waals surface area contributed by atoms with E-state index >= 15 is 0 Å². The Morgan fingerprint density at radius 2 is 2.00 bits per heavy atom. The monoisotopic (exact) mass is 561 g/mol. The fourth-order valence-corrected chi connectivity index (χ4v) is 5.53. The molecule has 9 heteroatoms. The standard InChI is InChI=1S/C25H25BrClN3O3S/c1-16-11-20(27)5-6-21(16)28-23(31)13-33-14-24(32)30-9-7-17(8-10-30)25-29-22(15-34-25)18-3-2-4-19(26)12-18/h2-6,11-12,15,17H,7-10,13-14H2,1H3,(H,28,31). The van der Waals surface area contributed by atoms with Crippen LogP contribution in [0.25, 0.3) is 11.3 Å². The summed E-state index contributed by atoms with van der Waals surface area (Å²) in [6, 6.07) is 13.4. The van der Waals surface area contributed by atoms with Crippen LogP contribution in [0, 0.1) is 6.92 Å². The second-order valence-corrected chi connectivity index (χ2v) is 10.5. The van der Waals surface area contributed by atoms with Crippen molar-refractivity contribution in [3.63, 3.8) is 0 Å². The number of hydrogen-bond donors (Lipinski definition) is 1. The van der Waals surface area contributed by atoms with Gasteiger partial charge in [0.05, 0.1) is 10.7 Å². The van der Waals surface area contributed by atoms with Crippen molar-refractivity contribution in [1.29, 1.82) is 0 Å². The molecule has 0 spiro atoms. The SMILES string of the molecule is Cc1cc(Cl)ccc1NC(=O)COCC(=O)N1CCC(c2nc(-c3cccc(Br)c3)cs2)CC1. The molecule has 0 atom stereocenters. The third-order valence-electron chi connectivity index (χ3n) is 5.76. The molecule has 178 valence electrons. The van der Waals surface area contributed by atoms with Gasteiger partial charge in [-0.05, 0) is 55.7 Å². The molecule has 0 bridgehead atoms. The van der Waals surface area contributed by atoms with Gasteiger partial charge in [0.25, 0.3) is 0 Å². The molecule has 0 radical (unpaired) electrons. The van der Waals surface area contributed by atoms with E-state index in [-0.39, 0.29) is 25.0 Å². The number of carbonyl (C=O) groups excluding carboxylic acids is 2. The number of rotatable bonds is 7. The number of anilines is 1. The summed E-state index contributed by atoms with van der Waals surface area (Å²) >= 11 is 11.1. The lowest BCUT2D eigenvalue weighted by Gasteiger charge is -2.31. The Labute approximate surface area is 216 Å². The zero-order valence-electron chi connectivity index (χ0n) is 18.7. The van der Waals surface area contributed by atoms with E-state index in [0.717, 1.165) is 39.1 Å². The van der Waals surface area contributed by atoms with Gasteiger partial charge in [-0.2, -0.15) is 0 Å². The van der Waals surface area contributed by atoms with Crippen LogP contribution in [0.1, 0.15) is 29.3 Å². The number of ether oxygens (including phenoxy) is 1. The van der Waals surface area contributed by atoms with Crippen LogP contribution in [-0.4, -0.2) is 48.0 Å². The summed E-state index contributed by atoms with van der Waals surface area (Å²) in [7, 11) is 0. The van der Waals surface area contributed by atoms with Crippen molar-refractivity contribution >= 4 is 56.4 Å². The van der Waals surface area contributed by atoms with Gasteiger partial charge in [-0.25, -0.2) is 4.98 Å². The number of benzene rings is 2. The highest BCUT2D eigenvalue weighted by Crippen LogP contribution is 2.33. The first kappa shape index (κ1) is 24.9. The van der Waals surface area contributed by atoms with Crippen molar-refractivity contribution in [3.8, 4) is 11.3 Å². The van der Waals surface area contributed by atoms with Crippen molar-refractivity contribution in [2.75, 3.05) is 31.6 Å². The van der Waals surface area contributed by atoms with Gasteiger partial charge in [0.2, 0.25) is 11.8 Å². The van der Waals surface area contributed by atoms with Crippen molar-refractivity contribution in [3.05, 3.63) is 67.9 Å². The van der Waals surface area contributed by atoms with E-state index in [2.05, 4.69) is 38.8 Å². The predicted octanol–water partition coefficient (Wildman–Crippen LogP) is 5.90. The molecule has 1 saturated heterocycles. The van der Waals surface area contributed by atoms with E-state index in [0.29, 0.717) is 29.7 Å². The van der Waals surface area contributed by atoms with Crippen LogP contribution in [0.4, 0.5) is 5.69 Å². The molecule has 6 nitrogen and oxygen atoms in total. The minimum atomic E-state index is -0.304. The lowest BCUT2D eigenvalue weighted by Crippen LogP contribution is -2.40. The minimum Gasteiger partial charge on any atom is -0.362 e. The summed E-state index contributed by atoms with van der Waals surface area (Å²) in [5.74, 6) is -0.0471. The third kappa shape index (κ3) is 6.44. The molecule has 34 heavy (non-hydrogen) atoms. The zero-order valence-corrected chi connectivity index (χ0v) is 21.9. The molecule has 1 fully saturated rings. The quantitative estimate of drug-likeness (QED) is 0.389. The number of aryl methyl sites for hydroxylation is 1. The van der Waals surface area contributed by atoms with Crippen LogP contribution < -0.4 is 5.32 Å². The summed E-state index contributed by atoms with van der Waals surface area (Å²) in [6.45, 7) is 2.90. The van der Waals surface area contributed by atoms with Crippen molar-refractivity contribution in [1.82, 2.24) is 9.88 Å². The van der Waals surface area contributed by atoms with Crippen molar-refractivity contribution < 1.29 is 14.3 Å². The number of aromatic nitrogens is 1. The van der Waals surface area contributed by atoms with E-state index in [1.54, 1.807) is 34.4 Å². The number of thiazole rings is 1. The van der Waals surface area contributed by atoms with Crippen LogP contribution in [0.5, 0.6) is 0 Å². The van der Waals surface area contributed by atoms with Gasteiger partial charge in [-0.3, -0.25) is 9.59 Å². The van der Waals surface area contributed by atoms with Crippen molar-refractivity contribution in [2.24, 2.45) is 0 Å². The largest absolute Gasteiger partial charge is 0.362 e. The number of amides is 2. The highest BCUT2D eigenvalue weighted by Gasteiger charge is 2.26. The van der Waals surface area contributed by atoms with Gasteiger partial charge >= 0.3 is 0 Å². The first-order chi connectivity index (χ1) is 16.4. The smallest absolute Gasteiger partial charge is 0.250 e. The van der Waals surface area contributed by atoms with Crippen LogP contribution in [-0.2, 0) is 14.3 Å². The molecule has 0 unspecified atom stereocenters. The molecule has 0 aliphatic carbocycles. The highest BCUT2D eigenvalue weighted by molar-refractivity contribution is 9.10. The number of hydrogen-bond acceptors (Lipinski definition) is 5. The maximum Gasteiger partial charge on any atom is 0.250 e. The Morgan fingerprint density at radius 1 is 1.21 bits per heavy atom. The average molecular weight is 563 g/mol. The van der Waals surface area contributed by atoms with Crippen molar-refractivity contribution in [2.45, 2.75) is 25.7 Å². The van der Waals surface area contributed by atoms with Crippen LogP contribution in [0.2, 0.25) is 5.02 Å². The molecule has 4 rings (SSSR count). The minimum absolute atomic E-state index is 0.0945. The van der Waals surface area contributed by atoms with Crippen LogP contribution in [0.3, 0.4) is 0 Å². The Morgan fingerprint density at radius 3 is 2.74 bits per heavy atom. The Hall–Kier alpha value is -2.26. The number of piperidine rings is 1. The Balaban J connectivity index is 1.21. The van der Waals surface area contributed by atoms with E-state index in [1.807, 2.05) is 19.1 Å². The molecule has 1 aromatic heterocycles. The number of halogens is 2. The first-order valence-corrected chi connectivity index (χ1v) is 13.1. The highest BCUT2D eigenvalue weighted by atomic mass is 79.9. The molecule has 0 saturated carbocycles. The zero-order chi connectivity index (χ0) is 24.1. The molecule has 2 aromatic carbocycles. The van der Waals surface area contributed by atoms with E-state index in [4.69, 9.17) is 21.3 Å². The lowest BCUT2D eigenvalue weighted by molar-refractivity contribution is -0.138. The molecule has 1 aliphatic heterocycles. The van der Waals surface area contributed by atoms with Gasteiger partial charge in [-0.1, -0.05) is 39.7 Å². The van der Waals surface area contributed by atoms with Gasteiger partial charge in [-0.15, -0.1) is 11.3 Å². The van der Waals surface area contributed by atoms with Gasteiger partial charge < -0.3 is 15.0 Å². The molecule has 1 N–H and O–H groups in total. The molecular formula is C25H25BrClN3O3S. The number of nitrogens with zero attached hydrogens (tertiary/aromatic N) is 2. The second kappa shape index (κ2) is 11.4. The van der Waals surface area contributed by atoms with Gasteiger partial charge in [0, 0.05) is 45.1 Å². The molecule has 3 aromatic rings. The number of likely N-dealkylation sites (tertiary alicyclic amines) is 1. The maximum absolute atomic E-state index is 12.5. The Bertz CT molecular complexity index is 1180. The van der Waals surface area contributed by atoms with Crippen LogP contribution >= 0.6 is 38.9 Å². The number of carbonyl (C=O) groups is 2. The third-order valence-corrected chi connectivity index (χ3v) is 7.50. The predicted molar refractivity (Wildman–Crippen MR) is 139 cm³/mol. The summed E-state index contributed by atoms with van der Waals surface area (Å²) in [5.41, 5.74) is 3.62. The van der Waals surface area contributed by atoms with Gasteiger partial charge in [0.1, 0.15) is 13.2 Å². The molecule has 1 aliphatic rings. The van der Waals surface area contributed by atoms with E-state index in [1.165, 1.54) is 0 Å². The summed E-state index contributed by atoms with van der Waals surface area (Å²) in [5, 5.41) is 6.60. The fourth-order valence-electron chi connectivity index (χ4n) is 3.91. The average Bonchev–Trinajstić information content (AvgIpc) is 3.31. The van der Waals surface area contributed by atoms with Crippen LogP contribution in [0.15, 0.2) is 52.3 Å². The first-order valence-electron chi connectivity index (χ1n) is 11.0. The van der Waals surface area contributed by atoms with E-state index < -0.39 is 0 Å². The number of nitrogens with one attached hydrogen (secondary N) is 1. The topological polar surface area (TPSA) is 71.5 Å². The van der Waals surface area contributed by atoms with Gasteiger partial charge in [0.15, 0.2) is 0 Å². The normalized spacial score (nSPS) is 14.3. The lowest BCUT2D eigenvalue weighted by atomic mass is 9.97. The molecule has 2 heterocycles. The fraction of sp³-hybridized carbons (Fsp3) is 0.320. The second-order valence-electron chi connectivity index (χ2n) is 8.24. The molecular weight excluding hydrogens is 538 g/mol. The molecule has 2 amide bonds. The Kier molecular flexibility index (Phi) is 8.37. The summed E-state index contributed by atoms with van der Waals surface area (Å²) in [4.78, 5) is 31.3. The summed E-state index contributed by atoms with van der Waals surface area (Å²) < 4.78 is 6.41. The maximum atomic E-state index is 12.5. The summed E-state index contributed by atoms with van der Waals surface area (Å²) in [6.07, 6.45) is 1.74.